The smallest absolute Gasteiger partial charge is 0.271 e. The summed E-state index contributed by atoms with van der Waals surface area (Å²) in [6.45, 7) is 2.40. The molecule has 6 heteroatoms. The van der Waals surface area contributed by atoms with E-state index in [1.807, 2.05) is 31.2 Å². The molecule has 0 fully saturated rings. The Labute approximate surface area is 155 Å². The minimum absolute atomic E-state index is 0.112. The molecule has 0 saturated carbocycles. The molecule has 5 nitrogen and oxygen atoms in total. The summed E-state index contributed by atoms with van der Waals surface area (Å²) in [6.07, 6.45) is 6.71. The molecule has 2 aromatic heterocycles. The van der Waals surface area contributed by atoms with E-state index in [0.717, 1.165) is 42.5 Å². The summed E-state index contributed by atoms with van der Waals surface area (Å²) in [5.41, 5.74) is 3.06. The van der Waals surface area contributed by atoms with E-state index >= 15 is 0 Å². The third kappa shape index (κ3) is 3.05. The second-order valence-electron chi connectivity index (χ2n) is 6.74. The molecule has 0 bridgehead atoms. The monoisotopic (exact) mass is 367 g/mol. The number of aromatic nitrogens is 2. The Morgan fingerprint density at radius 3 is 2.88 bits per heavy atom. The van der Waals surface area contributed by atoms with Crippen LogP contribution in [0.25, 0.3) is 4.96 Å². The fourth-order valence-electron chi connectivity index (χ4n) is 3.48. The van der Waals surface area contributed by atoms with Gasteiger partial charge in [0.2, 0.25) is 0 Å². The second-order valence-corrected chi connectivity index (χ2v) is 7.80. The number of rotatable bonds is 3. The molecule has 2 heterocycles. The van der Waals surface area contributed by atoms with Crippen LogP contribution in [0.1, 0.15) is 51.3 Å². The Morgan fingerprint density at radius 2 is 2.04 bits per heavy atom. The number of fused-ring (bicyclic) bond motifs is 3. The van der Waals surface area contributed by atoms with Crippen molar-refractivity contribution in [3.63, 3.8) is 0 Å². The fraction of sp³-hybridized carbons (Fsp3) is 0.350. The van der Waals surface area contributed by atoms with Crippen molar-refractivity contribution in [2.75, 3.05) is 0 Å². The largest absolute Gasteiger partial charge is 0.348 e. The highest BCUT2D eigenvalue weighted by atomic mass is 32.1. The highest BCUT2D eigenvalue weighted by molar-refractivity contribution is 7.17. The van der Waals surface area contributed by atoms with E-state index in [2.05, 4.69) is 10.3 Å². The lowest BCUT2D eigenvalue weighted by Crippen LogP contribution is -2.31. The van der Waals surface area contributed by atoms with Gasteiger partial charge in [0, 0.05) is 23.3 Å². The van der Waals surface area contributed by atoms with Gasteiger partial charge in [-0.3, -0.25) is 14.0 Å². The first-order chi connectivity index (χ1) is 12.6. The molecule has 1 N–H and O–H groups in total. The minimum Gasteiger partial charge on any atom is -0.348 e. The first kappa shape index (κ1) is 17.0. The number of thiazole rings is 1. The number of nitrogens with one attached hydrogen (secondary N) is 1. The first-order valence-electron chi connectivity index (χ1n) is 9.00. The van der Waals surface area contributed by atoms with Gasteiger partial charge in [0.1, 0.15) is 5.56 Å². The van der Waals surface area contributed by atoms with Crippen LogP contribution in [0, 0.1) is 6.92 Å². The van der Waals surface area contributed by atoms with E-state index in [4.69, 9.17) is 0 Å². The molecule has 0 radical (unpaired) electrons. The summed E-state index contributed by atoms with van der Waals surface area (Å²) in [5.74, 6) is -0.367. The Hall–Kier alpha value is -2.47. The van der Waals surface area contributed by atoms with Crippen molar-refractivity contribution in [2.24, 2.45) is 0 Å². The third-order valence-electron chi connectivity index (χ3n) is 5.00. The molecule has 1 aliphatic rings. The number of nitrogens with zero attached hydrogens (tertiary/aromatic N) is 2. The van der Waals surface area contributed by atoms with E-state index in [1.54, 1.807) is 15.7 Å². The molecule has 1 aromatic carbocycles. The third-order valence-corrected chi connectivity index (χ3v) is 6.15. The first-order valence-corrected chi connectivity index (χ1v) is 9.82. The van der Waals surface area contributed by atoms with Gasteiger partial charge >= 0.3 is 0 Å². The molecular weight excluding hydrogens is 346 g/mol. The number of hydrogen-bond donors (Lipinski definition) is 1. The molecule has 0 spiro atoms. The molecule has 1 amide bonds. The van der Waals surface area contributed by atoms with E-state index in [1.165, 1.54) is 17.5 Å². The van der Waals surface area contributed by atoms with Gasteiger partial charge < -0.3 is 5.32 Å². The second kappa shape index (κ2) is 7.03. The van der Waals surface area contributed by atoms with Crippen LogP contribution in [-0.2, 0) is 19.4 Å². The van der Waals surface area contributed by atoms with Crippen molar-refractivity contribution in [3.8, 4) is 0 Å². The van der Waals surface area contributed by atoms with E-state index in [-0.39, 0.29) is 17.0 Å². The standard InChI is InChI=1S/C20H21N3O2S/c1-13-7-5-6-8-14(13)11-21-18(24)15-12-22-20-23(19(15)25)16-9-3-2-4-10-17(16)26-20/h5-8,12H,2-4,9-11H2,1H3,(H,21,24). The van der Waals surface area contributed by atoms with Crippen LogP contribution < -0.4 is 10.9 Å². The molecule has 0 saturated heterocycles. The predicted octanol–water partition coefficient (Wildman–Crippen LogP) is 3.26. The summed E-state index contributed by atoms with van der Waals surface area (Å²) < 4.78 is 1.66. The van der Waals surface area contributed by atoms with Crippen LogP contribution in [0.5, 0.6) is 0 Å². The number of carbonyl (C=O) groups excluding carboxylic acids is 1. The maximum Gasteiger partial charge on any atom is 0.271 e. The number of benzene rings is 1. The van der Waals surface area contributed by atoms with Crippen LogP contribution in [0.2, 0.25) is 0 Å². The quantitative estimate of drug-likeness (QED) is 0.723. The average Bonchev–Trinajstić information content (AvgIpc) is 2.84. The van der Waals surface area contributed by atoms with E-state index < -0.39 is 0 Å². The molecular formula is C20H21N3O2S. The van der Waals surface area contributed by atoms with Gasteiger partial charge in [-0.25, -0.2) is 4.98 Å². The number of carbonyl (C=O) groups is 1. The normalized spacial score (nSPS) is 14.0. The Balaban J connectivity index is 1.65. The zero-order valence-corrected chi connectivity index (χ0v) is 15.6. The van der Waals surface area contributed by atoms with Crippen molar-refractivity contribution in [1.82, 2.24) is 14.7 Å². The van der Waals surface area contributed by atoms with E-state index in [0.29, 0.717) is 11.5 Å². The number of hydrogen-bond acceptors (Lipinski definition) is 4. The number of amides is 1. The summed E-state index contributed by atoms with van der Waals surface area (Å²) in [4.78, 5) is 31.9. The Kier molecular flexibility index (Phi) is 4.59. The van der Waals surface area contributed by atoms with Gasteiger partial charge in [-0.05, 0) is 43.7 Å². The molecule has 0 unspecified atom stereocenters. The molecule has 3 aromatic rings. The predicted molar refractivity (Wildman–Crippen MR) is 103 cm³/mol. The molecule has 134 valence electrons. The molecule has 1 aliphatic carbocycles. The van der Waals surface area contributed by atoms with Crippen molar-refractivity contribution < 1.29 is 4.79 Å². The van der Waals surface area contributed by atoms with E-state index in [9.17, 15) is 9.59 Å². The maximum atomic E-state index is 13.0. The van der Waals surface area contributed by atoms with Gasteiger partial charge in [0.15, 0.2) is 4.96 Å². The Morgan fingerprint density at radius 1 is 1.23 bits per heavy atom. The lowest BCUT2D eigenvalue weighted by Gasteiger charge is -2.08. The molecule has 0 atom stereocenters. The molecule has 0 aliphatic heterocycles. The van der Waals surface area contributed by atoms with Crippen LogP contribution in [0.15, 0.2) is 35.3 Å². The van der Waals surface area contributed by atoms with Gasteiger partial charge in [0.05, 0.1) is 0 Å². The highest BCUT2D eigenvalue weighted by Gasteiger charge is 2.20. The van der Waals surface area contributed by atoms with Crippen molar-refractivity contribution in [1.29, 1.82) is 0 Å². The zero-order valence-electron chi connectivity index (χ0n) is 14.7. The Bertz CT molecular complexity index is 1040. The fourth-order valence-corrected chi connectivity index (χ4v) is 4.65. The van der Waals surface area contributed by atoms with Gasteiger partial charge in [-0.2, -0.15) is 0 Å². The average molecular weight is 367 g/mol. The van der Waals surface area contributed by atoms with Crippen molar-refractivity contribution in [2.45, 2.75) is 45.6 Å². The van der Waals surface area contributed by atoms with Gasteiger partial charge in [-0.1, -0.05) is 30.7 Å². The van der Waals surface area contributed by atoms with Gasteiger partial charge in [-0.15, -0.1) is 11.3 Å². The lowest BCUT2D eigenvalue weighted by molar-refractivity contribution is 0.0949. The summed E-state index contributed by atoms with van der Waals surface area (Å²) >= 11 is 1.58. The minimum atomic E-state index is -0.367. The summed E-state index contributed by atoms with van der Waals surface area (Å²) in [6, 6.07) is 7.89. The molecule has 4 rings (SSSR count). The molecule has 26 heavy (non-hydrogen) atoms. The maximum absolute atomic E-state index is 13.0. The topological polar surface area (TPSA) is 63.5 Å². The zero-order chi connectivity index (χ0) is 18.1. The van der Waals surface area contributed by atoms with Gasteiger partial charge in [0.25, 0.3) is 11.5 Å². The number of aryl methyl sites for hydroxylation is 3. The van der Waals surface area contributed by atoms with Crippen molar-refractivity contribution in [3.05, 3.63) is 68.1 Å². The van der Waals surface area contributed by atoms with Crippen LogP contribution in [0.4, 0.5) is 0 Å². The summed E-state index contributed by atoms with van der Waals surface area (Å²) in [5, 5.41) is 2.86. The highest BCUT2D eigenvalue weighted by Crippen LogP contribution is 2.27. The van der Waals surface area contributed by atoms with Crippen LogP contribution in [0.3, 0.4) is 0 Å². The van der Waals surface area contributed by atoms with Crippen LogP contribution >= 0.6 is 11.3 Å². The summed E-state index contributed by atoms with van der Waals surface area (Å²) in [7, 11) is 0. The van der Waals surface area contributed by atoms with Crippen molar-refractivity contribution >= 4 is 22.2 Å². The van der Waals surface area contributed by atoms with Crippen LogP contribution in [-0.4, -0.2) is 15.3 Å². The lowest BCUT2D eigenvalue weighted by atomic mass is 10.1. The SMILES string of the molecule is Cc1ccccc1CNC(=O)c1cnc2sc3c(n2c1=O)CCCCC3.